The van der Waals surface area contributed by atoms with Gasteiger partial charge in [-0.05, 0) is 29.8 Å². The van der Waals surface area contributed by atoms with Crippen LogP contribution in [0.25, 0.3) is 5.70 Å². The number of nitrogens with one attached hydrogen (secondary N) is 1. The fourth-order valence-corrected chi connectivity index (χ4v) is 4.70. The second-order valence-electron chi connectivity index (χ2n) is 8.42. The van der Waals surface area contributed by atoms with Crippen molar-refractivity contribution in [2.75, 3.05) is 33.9 Å². The van der Waals surface area contributed by atoms with Gasteiger partial charge in [0, 0.05) is 39.5 Å². The molecule has 3 aliphatic rings. The van der Waals surface area contributed by atoms with Crippen LogP contribution in [0.15, 0.2) is 36.2 Å². The summed E-state index contributed by atoms with van der Waals surface area (Å²) in [5.74, 6) is -0.649. The van der Waals surface area contributed by atoms with Gasteiger partial charge in [-0.1, -0.05) is 0 Å². The first-order valence-electron chi connectivity index (χ1n) is 10.7. The SMILES string of the molecule is CN1C=C2C=C(N1)c1c(nn(C)c1C#N)CN(C)C(=O)c1ccc(F)cc1[C@H]1COCCN21. The Morgan fingerprint density at radius 2 is 2.12 bits per heavy atom. The van der Waals surface area contributed by atoms with Crippen LogP contribution in [0.3, 0.4) is 0 Å². The maximum atomic E-state index is 14.4. The van der Waals surface area contributed by atoms with E-state index in [0.717, 1.165) is 5.70 Å². The second-order valence-corrected chi connectivity index (χ2v) is 8.42. The van der Waals surface area contributed by atoms with Crippen LogP contribution in [-0.2, 0) is 18.3 Å². The number of fused-ring (bicyclic) bond motifs is 7. The smallest absolute Gasteiger partial charge is 0.254 e. The van der Waals surface area contributed by atoms with Gasteiger partial charge in [0.05, 0.1) is 48.5 Å². The summed E-state index contributed by atoms with van der Waals surface area (Å²) in [6.07, 6.45) is 3.91. The predicted molar refractivity (Wildman–Crippen MR) is 117 cm³/mol. The molecule has 3 aliphatic heterocycles. The van der Waals surface area contributed by atoms with Crippen LogP contribution in [-0.4, -0.2) is 64.4 Å². The Bertz CT molecular complexity index is 1240. The van der Waals surface area contributed by atoms with E-state index in [0.29, 0.717) is 53.5 Å². The first kappa shape index (κ1) is 21.0. The van der Waals surface area contributed by atoms with Crippen LogP contribution >= 0.6 is 0 Å². The third-order valence-electron chi connectivity index (χ3n) is 6.21. The van der Waals surface area contributed by atoms with E-state index >= 15 is 0 Å². The van der Waals surface area contributed by atoms with Crippen molar-refractivity contribution >= 4 is 11.6 Å². The van der Waals surface area contributed by atoms with Crippen LogP contribution < -0.4 is 5.43 Å². The number of hydrogen-bond acceptors (Lipinski definition) is 7. The van der Waals surface area contributed by atoms with Crippen LogP contribution in [0.4, 0.5) is 4.39 Å². The zero-order valence-electron chi connectivity index (χ0n) is 18.7. The maximum Gasteiger partial charge on any atom is 0.254 e. The molecule has 1 N–H and O–H groups in total. The molecule has 2 aromatic rings. The van der Waals surface area contributed by atoms with Gasteiger partial charge in [-0.3, -0.25) is 19.9 Å². The first-order valence-corrected chi connectivity index (χ1v) is 10.7. The lowest BCUT2D eigenvalue weighted by Gasteiger charge is -2.41. The molecule has 0 saturated carbocycles. The molecule has 0 radical (unpaired) electrons. The van der Waals surface area contributed by atoms with Crippen molar-refractivity contribution in [1.29, 1.82) is 5.26 Å². The number of nitriles is 1. The van der Waals surface area contributed by atoms with Crippen molar-refractivity contribution in [3.05, 3.63) is 70.1 Å². The highest BCUT2D eigenvalue weighted by Crippen LogP contribution is 2.35. The molecule has 1 atom stereocenters. The normalized spacial score (nSPS) is 20.3. The minimum atomic E-state index is -0.403. The van der Waals surface area contributed by atoms with Gasteiger partial charge >= 0.3 is 0 Å². The topological polar surface area (TPSA) is 89.7 Å². The molecule has 33 heavy (non-hydrogen) atoms. The van der Waals surface area contributed by atoms with E-state index in [4.69, 9.17) is 4.74 Å². The number of hydrazine groups is 1. The molecule has 2 bridgehead atoms. The Labute approximate surface area is 190 Å². The van der Waals surface area contributed by atoms with Crippen molar-refractivity contribution < 1.29 is 13.9 Å². The number of nitrogens with zero attached hydrogens (tertiary/aromatic N) is 6. The van der Waals surface area contributed by atoms with E-state index in [1.165, 1.54) is 22.9 Å². The average Bonchev–Trinajstić information content (AvgIpc) is 3.12. The Morgan fingerprint density at radius 3 is 2.91 bits per heavy atom. The number of aromatic nitrogens is 2. The number of morpholine rings is 1. The van der Waals surface area contributed by atoms with E-state index in [9.17, 15) is 14.4 Å². The van der Waals surface area contributed by atoms with Crippen LogP contribution in [0.1, 0.15) is 38.9 Å². The predicted octanol–water partition coefficient (Wildman–Crippen LogP) is 1.72. The number of halogens is 1. The molecule has 1 amide bonds. The summed E-state index contributed by atoms with van der Waals surface area (Å²) >= 11 is 0. The van der Waals surface area contributed by atoms with Crippen molar-refractivity contribution in [2.24, 2.45) is 7.05 Å². The molecule has 0 spiro atoms. The first-order chi connectivity index (χ1) is 15.9. The Balaban J connectivity index is 1.77. The number of benzene rings is 1. The summed E-state index contributed by atoms with van der Waals surface area (Å²) in [6.45, 7) is 1.59. The number of aryl methyl sites for hydroxylation is 1. The zero-order chi connectivity index (χ0) is 23.3. The van der Waals surface area contributed by atoms with Gasteiger partial charge < -0.3 is 14.5 Å². The van der Waals surface area contributed by atoms with E-state index in [2.05, 4.69) is 21.5 Å². The van der Waals surface area contributed by atoms with E-state index in [1.807, 2.05) is 24.3 Å². The Kier molecular flexibility index (Phi) is 5.06. The van der Waals surface area contributed by atoms with E-state index < -0.39 is 5.82 Å². The molecule has 4 heterocycles. The molecule has 10 heteroatoms. The summed E-state index contributed by atoms with van der Waals surface area (Å²) in [7, 11) is 5.27. The number of ether oxygens (including phenoxy) is 1. The van der Waals surface area contributed by atoms with Gasteiger partial charge in [-0.25, -0.2) is 4.39 Å². The highest BCUT2D eigenvalue weighted by molar-refractivity contribution is 5.96. The quantitative estimate of drug-likeness (QED) is 0.655. The van der Waals surface area contributed by atoms with Gasteiger partial charge in [-0.2, -0.15) is 10.4 Å². The highest BCUT2D eigenvalue weighted by atomic mass is 19.1. The number of hydrogen-bond donors (Lipinski definition) is 1. The Morgan fingerprint density at radius 1 is 1.30 bits per heavy atom. The second kappa shape index (κ2) is 7.94. The lowest BCUT2D eigenvalue weighted by molar-refractivity contribution is 0.00931. The monoisotopic (exact) mass is 449 g/mol. The number of rotatable bonds is 0. The van der Waals surface area contributed by atoms with Crippen molar-refractivity contribution in [2.45, 2.75) is 12.6 Å². The summed E-state index contributed by atoms with van der Waals surface area (Å²) in [5, 5.41) is 16.2. The summed E-state index contributed by atoms with van der Waals surface area (Å²) in [4.78, 5) is 17.2. The van der Waals surface area contributed by atoms with Gasteiger partial charge in [0.2, 0.25) is 0 Å². The van der Waals surface area contributed by atoms with Crippen LogP contribution in [0.5, 0.6) is 0 Å². The van der Waals surface area contributed by atoms with Crippen molar-refractivity contribution in [3.8, 4) is 6.07 Å². The fourth-order valence-electron chi connectivity index (χ4n) is 4.70. The van der Waals surface area contributed by atoms with Gasteiger partial charge in [0.1, 0.15) is 17.6 Å². The largest absolute Gasteiger partial charge is 0.377 e. The lowest BCUT2D eigenvalue weighted by Crippen LogP contribution is -2.43. The summed E-state index contributed by atoms with van der Waals surface area (Å²) in [6, 6.07) is 6.16. The van der Waals surface area contributed by atoms with Crippen LogP contribution in [0.2, 0.25) is 0 Å². The van der Waals surface area contributed by atoms with Crippen molar-refractivity contribution in [1.82, 2.24) is 30.0 Å². The molecular formula is C23H24FN7O2. The molecule has 1 saturated heterocycles. The zero-order valence-corrected chi connectivity index (χ0v) is 18.7. The molecule has 0 unspecified atom stereocenters. The van der Waals surface area contributed by atoms with Gasteiger partial charge in [-0.15, -0.1) is 0 Å². The maximum absolute atomic E-state index is 14.4. The molecule has 1 aromatic heterocycles. The van der Waals surface area contributed by atoms with Crippen molar-refractivity contribution in [3.63, 3.8) is 0 Å². The average molecular weight is 449 g/mol. The lowest BCUT2D eigenvalue weighted by atomic mass is 9.96. The number of allylic oxidation sites excluding steroid dienone is 1. The number of amides is 1. The molecular weight excluding hydrogens is 425 g/mol. The third-order valence-corrected chi connectivity index (χ3v) is 6.21. The van der Waals surface area contributed by atoms with E-state index in [-0.39, 0.29) is 18.5 Å². The molecule has 9 nitrogen and oxygen atoms in total. The summed E-state index contributed by atoms with van der Waals surface area (Å²) < 4.78 is 21.7. The Hall–Kier alpha value is -3.84. The molecule has 1 aromatic carbocycles. The molecule has 1 fully saturated rings. The minimum Gasteiger partial charge on any atom is -0.377 e. The molecule has 170 valence electrons. The third kappa shape index (κ3) is 3.50. The van der Waals surface area contributed by atoms with Crippen LogP contribution in [0, 0.1) is 17.1 Å². The number of carbonyl (C=O) groups excluding carboxylic acids is 1. The summed E-state index contributed by atoms with van der Waals surface area (Å²) in [5.41, 5.74) is 7.53. The van der Waals surface area contributed by atoms with Gasteiger partial charge in [0.15, 0.2) is 0 Å². The van der Waals surface area contributed by atoms with Gasteiger partial charge in [0.25, 0.3) is 5.91 Å². The number of carbonyl (C=O) groups is 1. The molecule has 5 rings (SSSR count). The fraction of sp³-hybridized carbons (Fsp3) is 0.348. The standard InChI is InChI=1S/C23H24FN7O2/c1-28-12-19-22(20(10-25)30(3)27-19)18-9-15(11-29(2)26-18)31-6-7-33-13-21(31)17-8-14(24)4-5-16(17)23(28)32/h4-5,8-9,11,21,26H,6-7,12-13H2,1-3H3/t21-/m1/s1. The molecule has 0 aliphatic carbocycles. The minimum absolute atomic E-state index is 0.188. The van der Waals surface area contributed by atoms with E-state index in [1.54, 1.807) is 19.0 Å². The highest BCUT2D eigenvalue weighted by Gasteiger charge is 2.33.